The SMILES string of the molecule is OCl.[Na+].[O-]B(O)O. The largest absolute Gasteiger partial charge is 1.00 e. The minimum absolute atomic E-state index is 0. The minimum Gasteiger partial charge on any atom is -0.832 e. The molecule has 0 heterocycles. The Morgan fingerprint density at radius 3 is 1.29 bits per heavy atom. The van der Waals surface area contributed by atoms with Gasteiger partial charge in [-0.3, -0.25) is 4.66 Å². The van der Waals surface area contributed by atoms with Crippen molar-refractivity contribution in [1.82, 2.24) is 0 Å². The molecule has 0 aromatic heterocycles. The zero-order valence-corrected chi connectivity index (χ0v) is 6.46. The summed E-state index contributed by atoms with van der Waals surface area (Å²) >= 11 is 3.64. The fourth-order valence-corrected chi connectivity index (χ4v) is 0. The first-order valence-corrected chi connectivity index (χ1v) is 1.26. The molecule has 0 aliphatic heterocycles. The van der Waals surface area contributed by atoms with Crippen LogP contribution in [0.1, 0.15) is 0 Å². The topological polar surface area (TPSA) is 83.8 Å². The fourth-order valence-electron chi connectivity index (χ4n) is 0. The Kier molecular flexibility index (Phi) is 35.2. The van der Waals surface area contributed by atoms with E-state index < -0.39 is 7.32 Å². The van der Waals surface area contributed by atoms with Gasteiger partial charge in [0.05, 0.1) is 11.9 Å². The second-order valence-corrected chi connectivity index (χ2v) is 0.326. The maximum atomic E-state index is 8.64. The van der Waals surface area contributed by atoms with E-state index in [0.717, 1.165) is 0 Å². The average Bonchev–Trinajstić information content (AvgIpc) is 1.41. The predicted octanol–water partition coefficient (Wildman–Crippen LogP) is -5.55. The molecule has 0 bridgehead atoms. The molecule has 0 aliphatic carbocycles. The van der Waals surface area contributed by atoms with E-state index in [1.165, 1.54) is 0 Å². The van der Waals surface area contributed by atoms with Crippen molar-refractivity contribution >= 4 is 19.2 Å². The second kappa shape index (κ2) is 15.7. The van der Waals surface area contributed by atoms with Gasteiger partial charge < -0.3 is 15.1 Å². The molecule has 0 fully saturated rings. The van der Waals surface area contributed by atoms with E-state index in [1.54, 1.807) is 0 Å². The molecule has 7 heteroatoms. The van der Waals surface area contributed by atoms with Crippen molar-refractivity contribution in [2.75, 3.05) is 0 Å². The van der Waals surface area contributed by atoms with E-state index in [-0.39, 0.29) is 29.6 Å². The van der Waals surface area contributed by atoms with Crippen LogP contribution in [0.2, 0.25) is 0 Å². The number of hydrogen-bond donors (Lipinski definition) is 3. The van der Waals surface area contributed by atoms with Crippen LogP contribution in [-0.4, -0.2) is 22.0 Å². The summed E-state index contributed by atoms with van der Waals surface area (Å²) in [5.74, 6) is 0. The molecule has 0 radical (unpaired) electrons. The van der Waals surface area contributed by atoms with Crippen LogP contribution in [0.15, 0.2) is 0 Å². The van der Waals surface area contributed by atoms with Gasteiger partial charge in [0.25, 0.3) is 0 Å². The van der Waals surface area contributed by atoms with Crippen molar-refractivity contribution in [1.29, 1.82) is 0 Å². The third-order valence-electron chi connectivity index (χ3n) is 0. The number of rotatable bonds is 0. The van der Waals surface area contributed by atoms with Crippen LogP contribution in [0.4, 0.5) is 0 Å². The fraction of sp³-hybridized carbons (Fsp3) is 0. The number of hydrogen-bond acceptors (Lipinski definition) is 4. The van der Waals surface area contributed by atoms with Gasteiger partial charge in [0, 0.05) is 0 Å². The molecule has 38 valence electrons. The normalized spacial score (nSPS) is 4.71. The Morgan fingerprint density at radius 2 is 1.29 bits per heavy atom. The zero-order valence-electron chi connectivity index (χ0n) is 3.71. The molecule has 0 aliphatic rings. The molecule has 0 aromatic rings. The first-order chi connectivity index (χ1) is 2.73. The maximum Gasteiger partial charge on any atom is 1.00 e. The number of halogens is 1. The van der Waals surface area contributed by atoms with Crippen molar-refractivity contribution in [2.24, 2.45) is 0 Å². The van der Waals surface area contributed by atoms with Gasteiger partial charge in [-0.25, -0.2) is 0 Å². The molecule has 4 nitrogen and oxygen atoms in total. The summed E-state index contributed by atoms with van der Waals surface area (Å²) in [6.07, 6.45) is 0. The van der Waals surface area contributed by atoms with E-state index in [2.05, 4.69) is 11.9 Å². The zero-order chi connectivity index (χ0) is 5.58. The van der Waals surface area contributed by atoms with E-state index >= 15 is 0 Å². The summed E-state index contributed by atoms with van der Waals surface area (Å²) < 4.78 is 6.47. The van der Waals surface area contributed by atoms with Crippen LogP contribution < -0.4 is 34.6 Å². The standard InChI is InChI=1S/BH2O3.ClHO.Na/c2-1(3)4;1-2;/h2-3H;2H;/q-1;;+1. The average molecular weight is 136 g/mol. The smallest absolute Gasteiger partial charge is 0.832 e. The Balaban J connectivity index is -0.0000000480. The third kappa shape index (κ3) is 136. The van der Waals surface area contributed by atoms with Crippen LogP contribution >= 0.6 is 11.9 Å². The van der Waals surface area contributed by atoms with Crippen molar-refractivity contribution in [3.05, 3.63) is 0 Å². The van der Waals surface area contributed by atoms with Gasteiger partial charge in [0.2, 0.25) is 0 Å². The Hall–Kier alpha value is 1.19. The van der Waals surface area contributed by atoms with Crippen LogP contribution in [0, 0.1) is 0 Å². The van der Waals surface area contributed by atoms with E-state index in [1.807, 2.05) is 0 Å². The van der Waals surface area contributed by atoms with Gasteiger partial charge in [-0.1, -0.05) is 0 Å². The molecular formula is H3BClNaO4. The van der Waals surface area contributed by atoms with Gasteiger partial charge in [-0.15, -0.1) is 0 Å². The van der Waals surface area contributed by atoms with Crippen molar-refractivity contribution in [3.63, 3.8) is 0 Å². The molecule has 7 heavy (non-hydrogen) atoms. The molecule has 0 rings (SSSR count). The van der Waals surface area contributed by atoms with Gasteiger partial charge in [0.15, 0.2) is 0 Å². The van der Waals surface area contributed by atoms with Gasteiger partial charge in [-0.2, -0.15) is 0 Å². The van der Waals surface area contributed by atoms with E-state index in [4.69, 9.17) is 19.7 Å². The summed E-state index contributed by atoms with van der Waals surface area (Å²) in [4.78, 5) is 0. The van der Waals surface area contributed by atoms with Gasteiger partial charge >= 0.3 is 36.9 Å². The Labute approximate surface area is 68.4 Å². The van der Waals surface area contributed by atoms with Gasteiger partial charge in [0.1, 0.15) is 0 Å². The second-order valence-electron chi connectivity index (χ2n) is 0.326. The summed E-state index contributed by atoms with van der Waals surface area (Å²) in [5.41, 5.74) is 0. The third-order valence-corrected chi connectivity index (χ3v) is 0. The molecule has 0 spiro atoms. The molecule has 0 amide bonds. The molecule has 0 atom stereocenters. The van der Waals surface area contributed by atoms with Crippen LogP contribution in [0.3, 0.4) is 0 Å². The predicted molar refractivity (Wildman–Crippen MR) is 18.3 cm³/mol. The van der Waals surface area contributed by atoms with Crippen LogP contribution in [0.25, 0.3) is 0 Å². The Morgan fingerprint density at radius 1 is 1.29 bits per heavy atom. The molecule has 0 saturated carbocycles. The van der Waals surface area contributed by atoms with Crippen molar-refractivity contribution in [2.45, 2.75) is 0 Å². The maximum absolute atomic E-state index is 8.64. The summed E-state index contributed by atoms with van der Waals surface area (Å²) in [5, 5.41) is 22.8. The van der Waals surface area contributed by atoms with Crippen LogP contribution in [-0.2, 0) is 0 Å². The van der Waals surface area contributed by atoms with Crippen molar-refractivity contribution < 1.29 is 49.3 Å². The molecular weight excluding hydrogens is 133 g/mol. The van der Waals surface area contributed by atoms with E-state index in [9.17, 15) is 0 Å². The monoisotopic (exact) mass is 136 g/mol. The minimum atomic E-state index is -2.42. The Bertz CT molecular complexity index is 16.4. The van der Waals surface area contributed by atoms with Gasteiger partial charge in [-0.05, 0) is 0 Å². The summed E-state index contributed by atoms with van der Waals surface area (Å²) in [7, 11) is -2.42. The quantitative estimate of drug-likeness (QED) is 0.290. The molecule has 3 N–H and O–H groups in total. The van der Waals surface area contributed by atoms with E-state index in [0.29, 0.717) is 0 Å². The van der Waals surface area contributed by atoms with Crippen LogP contribution in [0.5, 0.6) is 0 Å². The molecule has 0 unspecified atom stereocenters. The summed E-state index contributed by atoms with van der Waals surface area (Å²) in [6, 6.07) is 0. The first kappa shape index (κ1) is 15.7. The van der Waals surface area contributed by atoms with Crippen molar-refractivity contribution in [3.8, 4) is 0 Å². The first-order valence-electron chi connectivity index (χ1n) is 0.921. The molecule has 0 aromatic carbocycles. The molecule has 0 saturated heterocycles. The summed E-state index contributed by atoms with van der Waals surface area (Å²) in [6.45, 7) is 0.